The maximum Gasteiger partial charge on any atom is 0.450 e. The van der Waals surface area contributed by atoms with Crippen LogP contribution in [0.25, 0.3) is 0 Å². The van der Waals surface area contributed by atoms with Crippen LogP contribution in [0.2, 0.25) is 0 Å². The SMILES string of the molecule is O=C(c1cccs1)C(CCCCCCCCBr)C(=O)C(F)(F)F. The normalized spacial score (nSPS) is 13.0. The van der Waals surface area contributed by atoms with Crippen LogP contribution in [0.15, 0.2) is 17.5 Å². The average molecular weight is 413 g/mol. The Morgan fingerprint density at radius 3 is 2.22 bits per heavy atom. The van der Waals surface area contributed by atoms with Gasteiger partial charge in [0.25, 0.3) is 0 Å². The third-order valence-corrected chi connectivity index (χ3v) is 5.00. The summed E-state index contributed by atoms with van der Waals surface area (Å²) in [6.45, 7) is 0. The van der Waals surface area contributed by atoms with Crippen LogP contribution in [0.5, 0.6) is 0 Å². The summed E-state index contributed by atoms with van der Waals surface area (Å²) in [7, 11) is 0. The number of carbonyl (C=O) groups is 2. The molecule has 1 aromatic heterocycles. The van der Waals surface area contributed by atoms with Gasteiger partial charge in [0.2, 0.25) is 5.78 Å². The molecule has 2 nitrogen and oxygen atoms in total. The van der Waals surface area contributed by atoms with Crippen molar-refractivity contribution < 1.29 is 22.8 Å². The van der Waals surface area contributed by atoms with Gasteiger partial charge in [-0.2, -0.15) is 13.2 Å². The van der Waals surface area contributed by atoms with Crippen molar-refractivity contribution >= 4 is 38.8 Å². The van der Waals surface area contributed by atoms with Gasteiger partial charge in [0, 0.05) is 5.33 Å². The molecule has 0 saturated heterocycles. The number of carbonyl (C=O) groups excluding carboxylic acids is 2. The molecule has 1 atom stereocenters. The molecule has 1 unspecified atom stereocenters. The van der Waals surface area contributed by atoms with Crippen molar-refractivity contribution in [1.29, 1.82) is 0 Å². The minimum absolute atomic E-state index is 0.0342. The Morgan fingerprint density at radius 2 is 1.70 bits per heavy atom. The van der Waals surface area contributed by atoms with Gasteiger partial charge in [-0.25, -0.2) is 0 Å². The van der Waals surface area contributed by atoms with Crippen molar-refractivity contribution in [2.24, 2.45) is 5.92 Å². The Bertz CT molecular complexity index is 486. The first-order valence-electron chi connectivity index (χ1n) is 7.62. The molecule has 0 aliphatic carbocycles. The van der Waals surface area contributed by atoms with Crippen molar-refractivity contribution in [1.82, 2.24) is 0 Å². The minimum Gasteiger partial charge on any atom is -0.292 e. The standard InChI is InChI=1S/C16H20BrF3O2S/c17-10-6-4-2-1-3-5-8-12(15(22)16(18,19)20)14(21)13-9-7-11-23-13/h7,9,11-12H,1-6,8,10H2. The smallest absolute Gasteiger partial charge is 0.292 e. The fraction of sp³-hybridized carbons (Fsp3) is 0.625. The Kier molecular flexibility index (Phi) is 9.06. The van der Waals surface area contributed by atoms with Crippen molar-refractivity contribution in [3.05, 3.63) is 22.4 Å². The molecule has 0 radical (unpaired) electrons. The quantitative estimate of drug-likeness (QED) is 0.199. The number of hydrogen-bond donors (Lipinski definition) is 0. The lowest BCUT2D eigenvalue weighted by Gasteiger charge is -2.15. The maximum atomic E-state index is 12.7. The van der Waals surface area contributed by atoms with Crippen molar-refractivity contribution in [3.8, 4) is 0 Å². The highest BCUT2D eigenvalue weighted by Crippen LogP contribution is 2.28. The van der Waals surface area contributed by atoms with Gasteiger partial charge in [-0.1, -0.05) is 54.1 Å². The lowest BCUT2D eigenvalue weighted by atomic mass is 9.91. The molecule has 23 heavy (non-hydrogen) atoms. The molecule has 1 rings (SSSR count). The van der Waals surface area contributed by atoms with E-state index in [-0.39, 0.29) is 11.3 Å². The first-order valence-corrected chi connectivity index (χ1v) is 9.62. The Balaban J connectivity index is 2.56. The maximum absolute atomic E-state index is 12.7. The lowest BCUT2D eigenvalue weighted by molar-refractivity contribution is -0.174. The molecule has 0 fully saturated rings. The Morgan fingerprint density at radius 1 is 1.09 bits per heavy atom. The van der Waals surface area contributed by atoms with Gasteiger partial charge in [0.1, 0.15) is 0 Å². The summed E-state index contributed by atoms with van der Waals surface area (Å²) in [6, 6.07) is 3.06. The van der Waals surface area contributed by atoms with Crippen LogP contribution in [-0.4, -0.2) is 23.1 Å². The van der Waals surface area contributed by atoms with Crippen LogP contribution in [0.1, 0.15) is 54.6 Å². The molecule has 0 aromatic carbocycles. The van der Waals surface area contributed by atoms with Crippen molar-refractivity contribution in [2.75, 3.05) is 5.33 Å². The van der Waals surface area contributed by atoms with Crippen LogP contribution in [0.3, 0.4) is 0 Å². The number of thiophene rings is 1. The second-order valence-electron chi connectivity index (χ2n) is 5.36. The minimum atomic E-state index is -4.96. The van der Waals surface area contributed by atoms with Crippen molar-refractivity contribution in [3.63, 3.8) is 0 Å². The fourth-order valence-electron chi connectivity index (χ4n) is 2.32. The molecule has 0 spiro atoms. The van der Waals surface area contributed by atoms with E-state index in [1.165, 1.54) is 6.07 Å². The van der Waals surface area contributed by atoms with E-state index < -0.39 is 23.7 Å². The van der Waals surface area contributed by atoms with Gasteiger partial charge >= 0.3 is 6.18 Å². The number of unbranched alkanes of at least 4 members (excludes halogenated alkanes) is 5. The first-order chi connectivity index (χ1) is 10.9. The summed E-state index contributed by atoms with van der Waals surface area (Å²) in [4.78, 5) is 24.0. The average Bonchev–Trinajstić information content (AvgIpc) is 3.02. The molecule has 0 bridgehead atoms. The molecule has 0 saturated carbocycles. The van der Waals surface area contributed by atoms with E-state index in [2.05, 4.69) is 15.9 Å². The van der Waals surface area contributed by atoms with Gasteiger partial charge in [-0.15, -0.1) is 11.3 Å². The molecule has 0 N–H and O–H groups in total. The van der Waals surface area contributed by atoms with E-state index in [9.17, 15) is 22.8 Å². The van der Waals surface area contributed by atoms with Gasteiger partial charge in [-0.05, 0) is 24.3 Å². The monoisotopic (exact) mass is 412 g/mol. The summed E-state index contributed by atoms with van der Waals surface area (Å²) in [6.07, 6.45) is 0.270. The largest absolute Gasteiger partial charge is 0.450 e. The molecular formula is C16H20BrF3O2S. The van der Waals surface area contributed by atoms with Crippen LogP contribution in [0, 0.1) is 5.92 Å². The van der Waals surface area contributed by atoms with E-state index in [0.29, 0.717) is 6.42 Å². The zero-order valence-electron chi connectivity index (χ0n) is 12.7. The Labute approximate surface area is 146 Å². The number of halogens is 4. The Hall–Kier alpha value is -0.690. The summed E-state index contributed by atoms with van der Waals surface area (Å²) < 4.78 is 38.1. The van der Waals surface area contributed by atoms with Gasteiger partial charge in [-0.3, -0.25) is 9.59 Å². The van der Waals surface area contributed by atoms with Crippen LogP contribution in [-0.2, 0) is 4.79 Å². The predicted molar refractivity (Wildman–Crippen MR) is 89.3 cm³/mol. The molecule has 1 aromatic rings. The van der Waals surface area contributed by atoms with Gasteiger partial charge < -0.3 is 0 Å². The van der Waals surface area contributed by atoms with Crippen LogP contribution >= 0.6 is 27.3 Å². The number of hydrogen-bond acceptors (Lipinski definition) is 3. The zero-order chi connectivity index (χ0) is 17.3. The van der Waals surface area contributed by atoms with E-state index in [1.807, 2.05) is 0 Å². The molecule has 130 valence electrons. The highest BCUT2D eigenvalue weighted by Gasteiger charge is 2.46. The lowest BCUT2D eigenvalue weighted by Crippen LogP contribution is -2.35. The number of rotatable bonds is 11. The third kappa shape index (κ3) is 7.16. The molecule has 0 aliphatic heterocycles. The van der Waals surface area contributed by atoms with Gasteiger partial charge in [0.15, 0.2) is 5.78 Å². The third-order valence-electron chi connectivity index (χ3n) is 3.55. The van der Waals surface area contributed by atoms with Crippen molar-refractivity contribution in [2.45, 2.75) is 51.1 Å². The molecule has 0 amide bonds. The zero-order valence-corrected chi connectivity index (χ0v) is 15.1. The van der Waals surface area contributed by atoms with E-state index >= 15 is 0 Å². The fourth-order valence-corrected chi connectivity index (χ4v) is 3.44. The van der Waals surface area contributed by atoms with E-state index in [1.54, 1.807) is 11.4 Å². The highest BCUT2D eigenvalue weighted by molar-refractivity contribution is 9.09. The first kappa shape index (κ1) is 20.4. The number of ketones is 2. The second-order valence-corrected chi connectivity index (χ2v) is 7.10. The number of Topliss-reactive ketones (excluding diaryl/α,β-unsaturated/α-hetero) is 2. The second kappa shape index (κ2) is 10.2. The molecule has 0 aliphatic rings. The highest BCUT2D eigenvalue weighted by atomic mass is 79.9. The van der Waals surface area contributed by atoms with E-state index in [0.717, 1.165) is 48.8 Å². The van der Waals surface area contributed by atoms with Gasteiger partial charge in [0.05, 0.1) is 10.8 Å². The van der Waals surface area contributed by atoms with Crippen LogP contribution in [0.4, 0.5) is 13.2 Å². The summed E-state index contributed by atoms with van der Waals surface area (Å²) >= 11 is 4.41. The number of alkyl halides is 4. The molecule has 7 heteroatoms. The summed E-state index contributed by atoms with van der Waals surface area (Å²) in [5.41, 5.74) is 0. The molecule has 1 heterocycles. The van der Waals surface area contributed by atoms with Crippen LogP contribution < -0.4 is 0 Å². The molecular weight excluding hydrogens is 393 g/mol. The summed E-state index contributed by atoms with van der Waals surface area (Å²) in [5, 5.41) is 2.57. The van der Waals surface area contributed by atoms with E-state index in [4.69, 9.17) is 0 Å². The topological polar surface area (TPSA) is 34.1 Å². The predicted octanol–water partition coefficient (Wildman–Crippen LogP) is 5.80. The summed E-state index contributed by atoms with van der Waals surface area (Å²) in [5.74, 6) is -4.23.